The molecule has 1 saturated heterocycles. The topological polar surface area (TPSA) is 50.4 Å². The van der Waals surface area contributed by atoms with E-state index in [4.69, 9.17) is 4.74 Å². The minimum atomic E-state index is -0.102. The maximum Gasteiger partial charge on any atom is 0.236 e. The highest BCUT2D eigenvalue weighted by molar-refractivity contribution is 5.81. The van der Waals surface area contributed by atoms with Gasteiger partial charge in [0.1, 0.15) is 0 Å². The van der Waals surface area contributed by atoms with Crippen LogP contribution in [-0.2, 0) is 9.53 Å². The number of carbonyl (C=O) groups is 1. The maximum absolute atomic E-state index is 11.4. The summed E-state index contributed by atoms with van der Waals surface area (Å²) >= 11 is 0. The summed E-state index contributed by atoms with van der Waals surface area (Å²) in [5, 5.41) is 5.86. The Bertz CT molecular complexity index is 179. The van der Waals surface area contributed by atoms with E-state index in [1.54, 1.807) is 7.05 Å². The van der Waals surface area contributed by atoms with Gasteiger partial charge < -0.3 is 15.4 Å². The van der Waals surface area contributed by atoms with Gasteiger partial charge in [0, 0.05) is 19.8 Å². The van der Waals surface area contributed by atoms with Gasteiger partial charge in [-0.15, -0.1) is 0 Å². The van der Waals surface area contributed by atoms with Crippen molar-refractivity contribution in [2.75, 3.05) is 26.8 Å². The van der Waals surface area contributed by atoms with Gasteiger partial charge in [-0.3, -0.25) is 4.79 Å². The van der Waals surface area contributed by atoms with Crippen LogP contribution in [0.2, 0.25) is 0 Å². The second kappa shape index (κ2) is 5.98. The van der Waals surface area contributed by atoms with E-state index in [0.717, 1.165) is 32.6 Å². The van der Waals surface area contributed by atoms with E-state index >= 15 is 0 Å². The predicted molar refractivity (Wildman–Crippen MR) is 55.1 cm³/mol. The molecule has 1 amide bonds. The first kappa shape index (κ1) is 11.5. The molecule has 1 unspecified atom stereocenters. The summed E-state index contributed by atoms with van der Waals surface area (Å²) < 4.78 is 5.25. The lowest BCUT2D eigenvalue weighted by Gasteiger charge is -2.22. The highest BCUT2D eigenvalue weighted by Gasteiger charge is 2.16. The van der Waals surface area contributed by atoms with E-state index in [1.807, 2.05) is 6.92 Å². The SMILES string of the molecule is CNC(C)C(=O)NCC1CCOCC1. The second-order valence-electron chi connectivity index (χ2n) is 3.81. The van der Waals surface area contributed by atoms with Gasteiger partial charge >= 0.3 is 0 Å². The number of likely N-dealkylation sites (N-methyl/N-ethyl adjacent to an activating group) is 1. The Morgan fingerprint density at radius 1 is 1.50 bits per heavy atom. The van der Waals surface area contributed by atoms with Crippen LogP contribution < -0.4 is 10.6 Å². The molecule has 1 fully saturated rings. The molecule has 1 aliphatic rings. The van der Waals surface area contributed by atoms with Crippen LogP contribution in [0.3, 0.4) is 0 Å². The van der Waals surface area contributed by atoms with Gasteiger partial charge in [0.2, 0.25) is 5.91 Å². The smallest absolute Gasteiger partial charge is 0.236 e. The molecule has 82 valence electrons. The zero-order chi connectivity index (χ0) is 10.4. The van der Waals surface area contributed by atoms with Crippen molar-refractivity contribution < 1.29 is 9.53 Å². The summed E-state index contributed by atoms with van der Waals surface area (Å²) in [6.45, 7) is 4.32. The molecule has 0 aromatic heterocycles. The molecule has 1 rings (SSSR count). The second-order valence-corrected chi connectivity index (χ2v) is 3.81. The molecular formula is C10H20N2O2. The van der Waals surface area contributed by atoms with Gasteiger partial charge in [-0.1, -0.05) is 0 Å². The lowest BCUT2D eigenvalue weighted by Crippen LogP contribution is -2.42. The third-order valence-corrected chi connectivity index (χ3v) is 2.73. The Hall–Kier alpha value is -0.610. The van der Waals surface area contributed by atoms with Gasteiger partial charge in [0.25, 0.3) is 0 Å². The molecule has 0 radical (unpaired) electrons. The molecule has 4 heteroatoms. The average molecular weight is 200 g/mol. The Balaban J connectivity index is 2.15. The van der Waals surface area contributed by atoms with Gasteiger partial charge in [-0.2, -0.15) is 0 Å². The summed E-state index contributed by atoms with van der Waals surface area (Å²) in [5.41, 5.74) is 0. The largest absolute Gasteiger partial charge is 0.381 e. The number of rotatable bonds is 4. The van der Waals surface area contributed by atoms with E-state index < -0.39 is 0 Å². The van der Waals surface area contributed by atoms with Gasteiger partial charge in [-0.25, -0.2) is 0 Å². The Kier molecular flexibility index (Phi) is 4.90. The number of ether oxygens (including phenoxy) is 1. The molecule has 0 saturated carbocycles. The standard InChI is InChI=1S/C10H20N2O2/c1-8(11-2)10(13)12-7-9-3-5-14-6-4-9/h8-9,11H,3-7H2,1-2H3,(H,12,13). The lowest BCUT2D eigenvalue weighted by atomic mass is 10.0. The number of amides is 1. The summed E-state index contributed by atoms with van der Waals surface area (Å²) in [6.07, 6.45) is 2.13. The average Bonchev–Trinajstić information content (AvgIpc) is 2.26. The molecule has 0 aromatic rings. The van der Waals surface area contributed by atoms with Crippen LogP contribution in [-0.4, -0.2) is 38.8 Å². The Morgan fingerprint density at radius 3 is 2.71 bits per heavy atom. The van der Waals surface area contributed by atoms with E-state index in [2.05, 4.69) is 10.6 Å². The summed E-state index contributed by atoms with van der Waals surface area (Å²) in [6, 6.07) is -0.102. The van der Waals surface area contributed by atoms with Crippen LogP contribution in [0.25, 0.3) is 0 Å². The van der Waals surface area contributed by atoms with Crippen LogP contribution in [0.5, 0.6) is 0 Å². The van der Waals surface area contributed by atoms with Crippen LogP contribution in [0.15, 0.2) is 0 Å². The Labute approximate surface area is 85.4 Å². The number of nitrogens with one attached hydrogen (secondary N) is 2. The zero-order valence-corrected chi connectivity index (χ0v) is 9.01. The predicted octanol–water partition coefficient (Wildman–Crippen LogP) is 0.137. The minimum Gasteiger partial charge on any atom is -0.381 e. The summed E-state index contributed by atoms with van der Waals surface area (Å²) in [5.74, 6) is 0.677. The molecule has 0 spiro atoms. The molecular weight excluding hydrogens is 180 g/mol. The van der Waals surface area contributed by atoms with Crippen LogP contribution >= 0.6 is 0 Å². The summed E-state index contributed by atoms with van der Waals surface area (Å²) in [7, 11) is 1.79. The highest BCUT2D eigenvalue weighted by atomic mass is 16.5. The third-order valence-electron chi connectivity index (χ3n) is 2.73. The van der Waals surface area contributed by atoms with Crippen LogP contribution in [0.4, 0.5) is 0 Å². The normalized spacial score (nSPS) is 20.4. The third kappa shape index (κ3) is 3.64. The lowest BCUT2D eigenvalue weighted by molar-refractivity contribution is -0.122. The number of hydrogen-bond acceptors (Lipinski definition) is 3. The van der Waals surface area contributed by atoms with Crippen LogP contribution in [0, 0.1) is 5.92 Å². The van der Waals surface area contributed by atoms with Crippen molar-refractivity contribution in [2.24, 2.45) is 5.92 Å². The van der Waals surface area contributed by atoms with Gasteiger partial charge in [0.15, 0.2) is 0 Å². The first-order valence-electron chi connectivity index (χ1n) is 5.26. The molecule has 0 aliphatic carbocycles. The fourth-order valence-electron chi connectivity index (χ4n) is 1.48. The fourth-order valence-corrected chi connectivity index (χ4v) is 1.48. The van der Waals surface area contributed by atoms with E-state index in [1.165, 1.54) is 0 Å². The van der Waals surface area contributed by atoms with Crippen molar-refractivity contribution in [3.8, 4) is 0 Å². The first-order valence-corrected chi connectivity index (χ1v) is 5.26. The molecule has 1 atom stereocenters. The monoisotopic (exact) mass is 200 g/mol. The zero-order valence-electron chi connectivity index (χ0n) is 9.01. The quantitative estimate of drug-likeness (QED) is 0.678. The van der Waals surface area contributed by atoms with E-state index in [9.17, 15) is 4.79 Å². The highest BCUT2D eigenvalue weighted by Crippen LogP contribution is 2.12. The van der Waals surface area contributed by atoms with Crippen molar-refractivity contribution in [1.29, 1.82) is 0 Å². The molecule has 1 heterocycles. The van der Waals surface area contributed by atoms with E-state index in [0.29, 0.717) is 5.92 Å². The molecule has 2 N–H and O–H groups in total. The molecule has 1 aliphatic heterocycles. The first-order chi connectivity index (χ1) is 6.74. The van der Waals surface area contributed by atoms with Crippen molar-refractivity contribution in [3.63, 3.8) is 0 Å². The molecule has 14 heavy (non-hydrogen) atoms. The number of carbonyl (C=O) groups excluding carboxylic acids is 1. The molecule has 0 bridgehead atoms. The molecule has 4 nitrogen and oxygen atoms in total. The minimum absolute atomic E-state index is 0.0824. The maximum atomic E-state index is 11.4. The van der Waals surface area contributed by atoms with Crippen molar-refractivity contribution in [3.05, 3.63) is 0 Å². The fraction of sp³-hybridized carbons (Fsp3) is 0.900. The van der Waals surface area contributed by atoms with Gasteiger partial charge in [-0.05, 0) is 32.7 Å². The van der Waals surface area contributed by atoms with E-state index in [-0.39, 0.29) is 11.9 Å². The van der Waals surface area contributed by atoms with Crippen LogP contribution in [0.1, 0.15) is 19.8 Å². The Morgan fingerprint density at radius 2 is 2.14 bits per heavy atom. The van der Waals surface area contributed by atoms with Crippen molar-refractivity contribution in [1.82, 2.24) is 10.6 Å². The van der Waals surface area contributed by atoms with Crippen molar-refractivity contribution >= 4 is 5.91 Å². The summed E-state index contributed by atoms with van der Waals surface area (Å²) in [4.78, 5) is 11.4. The van der Waals surface area contributed by atoms with Crippen molar-refractivity contribution in [2.45, 2.75) is 25.8 Å². The van der Waals surface area contributed by atoms with Gasteiger partial charge in [0.05, 0.1) is 6.04 Å². The molecule has 0 aromatic carbocycles. The number of hydrogen-bond donors (Lipinski definition) is 2.